The molecule has 0 spiro atoms. The fourth-order valence-corrected chi connectivity index (χ4v) is 2.63. The predicted molar refractivity (Wildman–Crippen MR) is 81.1 cm³/mol. The van der Waals surface area contributed by atoms with Gasteiger partial charge in [0.15, 0.2) is 0 Å². The number of anilines is 2. The zero-order chi connectivity index (χ0) is 15.1. The molecule has 0 fully saturated rings. The SMILES string of the molecule is C=CCNC(=O)c1sc(N(C)CCOC)c(C#N)c1N. The smallest absolute Gasteiger partial charge is 0.263 e. The third-order valence-electron chi connectivity index (χ3n) is 2.63. The molecule has 1 aromatic rings. The maximum atomic E-state index is 12.0. The summed E-state index contributed by atoms with van der Waals surface area (Å²) < 4.78 is 5.00. The fourth-order valence-electron chi connectivity index (χ4n) is 1.55. The van der Waals surface area contributed by atoms with Crippen LogP contribution in [0.2, 0.25) is 0 Å². The lowest BCUT2D eigenvalue weighted by Crippen LogP contribution is -2.23. The number of nitrogens with two attached hydrogens (primary N) is 1. The van der Waals surface area contributed by atoms with Crippen LogP contribution in [0.15, 0.2) is 12.7 Å². The molecule has 0 aliphatic rings. The van der Waals surface area contributed by atoms with Crippen molar-refractivity contribution in [3.8, 4) is 6.07 Å². The Balaban J connectivity index is 3.05. The van der Waals surface area contributed by atoms with Crippen molar-refractivity contribution in [3.63, 3.8) is 0 Å². The molecule has 1 amide bonds. The molecule has 1 rings (SSSR count). The van der Waals surface area contributed by atoms with Gasteiger partial charge in [0.2, 0.25) is 0 Å². The first-order chi connectivity index (χ1) is 9.56. The van der Waals surface area contributed by atoms with Crippen LogP contribution in [-0.4, -0.2) is 39.8 Å². The van der Waals surface area contributed by atoms with Crippen molar-refractivity contribution in [1.82, 2.24) is 5.32 Å². The first kappa shape index (κ1) is 16.0. The summed E-state index contributed by atoms with van der Waals surface area (Å²) in [6.45, 7) is 5.02. The van der Waals surface area contributed by atoms with Gasteiger partial charge in [-0.25, -0.2) is 0 Å². The fraction of sp³-hybridized carbons (Fsp3) is 0.385. The van der Waals surface area contributed by atoms with Crippen molar-refractivity contribution in [2.24, 2.45) is 0 Å². The molecule has 7 heteroatoms. The Morgan fingerprint density at radius 3 is 2.95 bits per heavy atom. The second kappa shape index (κ2) is 7.53. The van der Waals surface area contributed by atoms with Crippen LogP contribution in [0.4, 0.5) is 10.7 Å². The van der Waals surface area contributed by atoms with E-state index in [1.165, 1.54) is 11.3 Å². The van der Waals surface area contributed by atoms with E-state index in [0.717, 1.165) is 0 Å². The second-order valence-corrected chi connectivity index (χ2v) is 5.05. The molecule has 0 atom stereocenters. The maximum Gasteiger partial charge on any atom is 0.263 e. The van der Waals surface area contributed by atoms with Crippen LogP contribution in [0.3, 0.4) is 0 Å². The summed E-state index contributed by atoms with van der Waals surface area (Å²) in [5.41, 5.74) is 6.45. The van der Waals surface area contributed by atoms with Gasteiger partial charge in [0.25, 0.3) is 5.91 Å². The number of nitrogen functional groups attached to an aromatic ring is 1. The molecule has 6 nitrogen and oxygen atoms in total. The number of rotatable bonds is 7. The quantitative estimate of drug-likeness (QED) is 0.737. The first-order valence-corrected chi connectivity index (χ1v) is 6.80. The van der Waals surface area contributed by atoms with E-state index in [4.69, 9.17) is 10.5 Å². The van der Waals surface area contributed by atoms with Crippen LogP contribution in [-0.2, 0) is 4.74 Å². The van der Waals surface area contributed by atoms with Crippen molar-refractivity contribution >= 4 is 27.9 Å². The Kier molecular flexibility index (Phi) is 6.03. The summed E-state index contributed by atoms with van der Waals surface area (Å²) in [7, 11) is 3.44. The third kappa shape index (κ3) is 3.50. The summed E-state index contributed by atoms with van der Waals surface area (Å²) in [5.74, 6) is -0.296. The lowest BCUT2D eigenvalue weighted by Gasteiger charge is -2.16. The van der Waals surface area contributed by atoms with Gasteiger partial charge in [-0.15, -0.1) is 17.9 Å². The molecule has 1 heterocycles. The molecular formula is C13H18N4O2S. The molecule has 0 bridgehead atoms. The number of nitriles is 1. The highest BCUT2D eigenvalue weighted by atomic mass is 32.1. The average Bonchev–Trinajstić information content (AvgIpc) is 2.79. The molecule has 0 saturated heterocycles. The van der Waals surface area contributed by atoms with Gasteiger partial charge in [0.05, 0.1) is 12.3 Å². The summed E-state index contributed by atoms with van der Waals surface area (Å²) in [6.07, 6.45) is 1.58. The van der Waals surface area contributed by atoms with Crippen molar-refractivity contribution < 1.29 is 9.53 Å². The number of amides is 1. The molecular weight excluding hydrogens is 276 g/mol. The molecule has 0 unspecified atom stereocenters. The van der Waals surface area contributed by atoms with Gasteiger partial charge in [-0.05, 0) is 0 Å². The summed E-state index contributed by atoms with van der Waals surface area (Å²) in [4.78, 5) is 14.2. The third-order valence-corrected chi connectivity index (χ3v) is 3.95. The standard InChI is InChI=1S/C13H18N4O2S/c1-4-5-16-12(18)11-10(15)9(8-14)13(20-11)17(2)6-7-19-3/h4H,1,5-7,15H2,2-3H3,(H,16,18). The largest absolute Gasteiger partial charge is 0.396 e. The zero-order valence-corrected chi connectivity index (χ0v) is 12.4. The monoisotopic (exact) mass is 294 g/mol. The van der Waals surface area contributed by atoms with Crippen LogP contribution in [0.25, 0.3) is 0 Å². The molecule has 108 valence electrons. The lowest BCUT2D eigenvalue weighted by atomic mass is 10.2. The number of carbonyl (C=O) groups excluding carboxylic acids is 1. The lowest BCUT2D eigenvalue weighted by molar-refractivity contribution is 0.0963. The highest BCUT2D eigenvalue weighted by Crippen LogP contribution is 2.37. The van der Waals surface area contributed by atoms with E-state index in [1.54, 1.807) is 13.2 Å². The number of nitrogens with zero attached hydrogens (tertiary/aromatic N) is 2. The van der Waals surface area contributed by atoms with Crippen LogP contribution in [0.1, 0.15) is 15.2 Å². The number of ether oxygens (including phenoxy) is 1. The topological polar surface area (TPSA) is 91.4 Å². The molecule has 20 heavy (non-hydrogen) atoms. The maximum absolute atomic E-state index is 12.0. The van der Waals surface area contributed by atoms with Crippen LogP contribution in [0.5, 0.6) is 0 Å². The van der Waals surface area contributed by atoms with Crippen LogP contribution >= 0.6 is 11.3 Å². The van der Waals surface area contributed by atoms with Crippen molar-refractivity contribution in [3.05, 3.63) is 23.1 Å². The summed E-state index contributed by atoms with van der Waals surface area (Å²) in [5, 5.41) is 12.5. The minimum Gasteiger partial charge on any atom is -0.396 e. The normalized spacial score (nSPS) is 9.85. The second-order valence-electron chi connectivity index (χ2n) is 4.05. The highest BCUT2D eigenvalue weighted by Gasteiger charge is 2.22. The number of thiophene rings is 1. The number of likely N-dealkylation sites (N-methyl/N-ethyl adjacent to an activating group) is 1. The van der Waals surface area contributed by atoms with Crippen molar-refractivity contribution in [2.45, 2.75) is 0 Å². The van der Waals surface area contributed by atoms with E-state index >= 15 is 0 Å². The van der Waals surface area contributed by atoms with E-state index < -0.39 is 0 Å². The van der Waals surface area contributed by atoms with E-state index in [1.807, 2.05) is 11.9 Å². The number of hydrogen-bond acceptors (Lipinski definition) is 6. The molecule has 0 radical (unpaired) electrons. The van der Waals surface area contributed by atoms with Crippen molar-refractivity contribution in [2.75, 3.05) is 44.5 Å². The number of carbonyl (C=O) groups is 1. The van der Waals surface area contributed by atoms with Gasteiger partial charge in [0, 0.05) is 27.2 Å². The molecule has 0 aliphatic heterocycles. The van der Waals surface area contributed by atoms with E-state index in [9.17, 15) is 10.1 Å². The Morgan fingerprint density at radius 1 is 1.70 bits per heavy atom. The number of nitrogens with one attached hydrogen (secondary N) is 1. The Labute approximate surface area is 122 Å². The van der Waals surface area contributed by atoms with E-state index in [-0.39, 0.29) is 11.6 Å². The number of hydrogen-bond donors (Lipinski definition) is 2. The minimum absolute atomic E-state index is 0.221. The molecule has 0 aliphatic carbocycles. The van der Waals surface area contributed by atoms with E-state index in [2.05, 4.69) is 18.0 Å². The summed E-state index contributed by atoms with van der Waals surface area (Å²) in [6, 6.07) is 2.06. The Hall–Kier alpha value is -2.04. The summed E-state index contributed by atoms with van der Waals surface area (Å²) >= 11 is 1.20. The van der Waals surface area contributed by atoms with Crippen molar-refractivity contribution in [1.29, 1.82) is 5.26 Å². The van der Waals surface area contributed by atoms with E-state index in [0.29, 0.717) is 35.1 Å². The molecule has 0 saturated carbocycles. The Bertz CT molecular complexity index is 533. The zero-order valence-electron chi connectivity index (χ0n) is 11.6. The van der Waals surface area contributed by atoms with Gasteiger partial charge in [-0.3, -0.25) is 4.79 Å². The molecule has 1 aromatic heterocycles. The van der Waals surface area contributed by atoms with Gasteiger partial charge in [0.1, 0.15) is 21.5 Å². The van der Waals surface area contributed by atoms with Gasteiger partial charge >= 0.3 is 0 Å². The first-order valence-electron chi connectivity index (χ1n) is 5.98. The molecule has 3 N–H and O–H groups in total. The van der Waals surface area contributed by atoms with Gasteiger partial charge < -0.3 is 20.7 Å². The van der Waals surface area contributed by atoms with Crippen LogP contribution < -0.4 is 16.0 Å². The highest BCUT2D eigenvalue weighted by molar-refractivity contribution is 7.19. The minimum atomic E-state index is -0.296. The van der Waals surface area contributed by atoms with Crippen LogP contribution in [0, 0.1) is 11.3 Å². The average molecular weight is 294 g/mol. The Morgan fingerprint density at radius 2 is 2.40 bits per heavy atom. The number of methoxy groups -OCH3 is 1. The van der Waals surface area contributed by atoms with Gasteiger partial charge in [-0.2, -0.15) is 5.26 Å². The van der Waals surface area contributed by atoms with Gasteiger partial charge in [-0.1, -0.05) is 6.08 Å². The predicted octanol–water partition coefficient (Wildman–Crippen LogP) is 1.20. The molecule has 0 aromatic carbocycles.